The highest BCUT2D eigenvalue weighted by molar-refractivity contribution is 6.36. The van der Waals surface area contributed by atoms with E-state index in [1.165, 1.54) is 0 Å². The van der Waals surface area contributed by atoms with Crippen molar-refractivity contribution >= 4 is 29.1 Å². The van der Waals surface area contributed by atoms with Crippen LogP contribution in [0.3, 0.4) is 0 Å². The van der Waals surface area contributed by atoms with E-state index in [-0.39, 0.29) is 18.9 Å². The van der Waals surface area contributed by atoms with Crippen LogP contribution in [-0.2, 0) is 11.2 Å². The summed E-state index contributed by atoms with van der Waals surface area (Å²) in [7, 11) is 0. The summed E-state index contributed by atoms with van der Waals surface area (Å²) < 4.78 is 0. The molecule has 16 heavy (non-hydrogen) atoms. The molecule has 5 heteroatoms. The molecule has 3 nitrogen and oxygen atoms in total. The van der Waals surface area contributed by atoms with E-state index in [4.69, 9.17) is 28.3 Å². The molecule has 0 saturated heterocycles. The van der Waals surface area contributed by atoms with Crippen molar-refractivity contribution in [1.29, 1.82) is 0 Å². The highest BCUT2D eigenvalue weighted by Gasteiger charge is 2.09. The Morgan fingerprint density at radius 3 is 2.50 bits per heavy atom. The number of hydrogen-bond donors (Lipinski definition) is 2. The molecule has 1 rings (SSSR count). The Labute approximate surface area is 104 Å². The second-order valence-electron chi connectivity index (χ2n) is 3.30. The monoisotopic (exact) mass is 261 g/mol. The van der Waals surface area contributed by atoms with Crippen molar-refractivity contribution in [3.05, 3.63) is 33.8 Å². The molecular weight excluding hydrogens is 249 g/mol. The lowest BCUT2D eigenvalue weighted by atomic mass is 10.1. The summed E-state index contributed by atoms with van der Waals surface area (Å²) in [6.45, 7) is 0.518. The van der Waals surface area contributed by atoms with Crippen LogP contribution >= 0.6 is 23.2 Å². The molecule has 0 radical (unpaired) electrons. The number of carbonyl (C=O) groups is 1. The zero-order valence-electron chi connectivity index (χ0n) is 8.67. The average Bonchev–Trinajstić information content (AvgIpc) is 2.24. The number of nitrogens with one attached hydrogen (secondary N) is 1. The van der Waals surface area contributed by atoms with Crippen molar-refractivity contribution in [3.63, 3.8) is 0 Å². The van der Waals surface area contributed by atoms with Gasteiger partial charge in [-0.25, -0.2) is 0 Å². The molecule has 0 spiro atoms. The van der Waals surface area contributed by atoms with Gasteiger partial charge in [-0.1, -0.05) is 29.3 Å². The first-order valence-corrected chi connectivity index (χ1v) is 5.71. The Morgan fingerprint density at radius 1 is 1.31 bits per heavy atom. The lowest BCUT2D eigenvalue weighted by molar-refractivity contribution is -0.120. The maximum Gasteiger partial charge on any atom is 0.224 e. The minimum atomic E-state index is -0.150. The molecule has 0 aliphatic heterocycles. The summed E-state index contributed by atoms with van der Waals surface area (Å²) >= 11 is 11.9. The smallest absolute Gasteiger partial charge is 0.224 e. The largest absolute Gasteiger partial charge is 0.396 e. The minimum Gasteiger partial charge on any atom is -0.396 e. The Kier molecular flexibility index (Phi) is 5.60. The van der Waals surface area contributed by atoms with Crippen molar-refractivity contribution in [3.8, 4) is 0 Å². The number of aliphatic hydroxyl groups excluding tert-OH is 1. The molecule has 0 fully saturated rings. The van der Waals surface area contributed by atoms with Gasteiger partial charge in [0.05, 0.1) is 6.42 Å². The summed E-state index contributed by atoms with van der Waals surface area (Å²) in [6.07, 6.45) is 0.700. The first kappa shape index (κ1) is 13.3. The zero-order valence-corrected chi connectivity index (χ0v) is 10.2. The van der Waals surface area contributed by atoms with Crippen LogP contribution in [0.4, 0.5) is 0 Å². The third kappa shape index (κ3) is 4.00. The van der Waals surface area contributed by atoms with E-state index in [1.807, 2.05) is 0 Å². The standard InChI is InChI=1S/C11H13Cl2NO2/c12-9-3-1-4-10(13)8(9)7-11(16)14-5-2-6-15/h1,3-4,15H,2,5-7H2,(H,14,16). The summed E-state index contributed by atoms with van der Waals surface area (Å²) in [4.78, 5) is 11.5. The number of halogens is 2. The van der Waals surface area contributed by atoms with Gasteiger partial charge in [0.1, 0.15) is 0 Å². The van der Waals surface area contributed by atoms with Crippen LogP contribution in [0.5, 0.6) is 0 Å². The van der Waals surface area contributed by atoms with Crippen LogP contribution in [0.25, 0.3) is 0 Å². The van der Waals surface area contributed by atoms with Gasteiger partial charge in [-0.3, -0.25) is 4.79 Å². The molecule has 0 aliphatic rings. The predicted octanol–water partition coefficient (Wildman–Crippen LogP) is 2.03. The van der Waals surface area contributed by atoms with Crippen LogP contribution in [-0.4, -0.2) is 24.2 Å². The van der Waals surface area contributed by atoms with Crippen LogP contribution < -0.4 is 5.32 Å². The molecule has 1 aromatic carbocycles. The molecule has 0 unspecified atom stereocenters. The van der Waals surface area contributed by atoms with Crippen LogP contribution in [0.15, 0.2) is 18.2 Å². The van der Waals surface area contributed by atoms with Gasteiger partial charge in [0.15, 0.2) is 0 Å². The van der Waals surface area contributed by atoms with Gasteiger partial charge in [0.25, 0.3) is 0 Å². The van der Waals surface area contributed by atoms with Crippen molar-refractivity contribution < 1.29 is 9.90 Å². The molecule has 0 aromatic heterocycles. The van der Waals surface area contributed by atoms with E-state index in [2.05, 4.69) is 5.32 Å². The molecule has 2 N–H and O–H groups in total. The third-order valence-electron chi connectivity index (χ3n) is 2.06. The van der Waals surface area contributed by atoms with Gasteiger partial charge in [-0.2, -0.15) is 0 Å². The van der Waals surface area contributed by atoms with Crippen molar-refractivity contribution in [2.24, 2.45) is 0 Å². The topological polar surface area (TPSA) is 49.3 Å². The summed E-state index contributed by atoms with van der Waals surface area (Å²) in [6, 6.07) is 5.13. The molecular formula is C11H13Cl2NO2. The van der Waals surface area contributed by atoms with Crippen molar-refractivity contribution in [2.75, 3.05) is 13.2 Å². The quantitative estimate of drug-likeness (QED) is 0.798. The maximum atomic E-state index is 11.5. The molecule has 0 saturated carbocycles. The van der Waals surface area contributed by atoms with E-state index in [1.54, 1.807) is 18.2 Å². The number of carbonyl (C=O) groups excluding carboxylic acids is 1. The second kappa shape index (κ2) is 6.74. The lowest BCUT2D eigenvalue weighted by Gasteiger charge is -2.07. The summed E-state index contributed by atoms with van der Waals surface area (Å²) in [5.41, 5.74) is 0.632. The van der Waals surface area contributed by atoms with E-state index < -0.39 is 0 Å². The number of hydrogen-bond acceptors (Lipinski definition) is 2. The number of aliphatic hydroxyl groups is 1. The van der Waals surface area contributed by atoms with E-state index in [9.17, 15) is 4.79 Å². The second-order valence-corrected chi connectivity index (χ2v) is 4.12. The maximum absolute atomic E-state index is 11.5. The van der Waals surface area contributed by atoms with Gasteiger partial charge in [-0.15, -0.1) is 0 Å². The lowest BCUT2D eigenvalue weighted by Crippen LogP contribution is -2.26. The normalized spacial score (nSPS) is 10.2. The SMILES string of the molecule is O=C(Cc1c(Cl)cccc1Cl)NCCCO. The number of amides is 1. The van der Waals surface area contributed by atoms with Crippen LogP contribution in [0, 0.1) is 0 Å². The summed E-state index contributed by atoms with van der Waals surface area (Å²) in [5, 5.41) is 12.2. The Morgan fingerprint density at radius 2 is 1.94 bits per heavy atom. The van der Waals surface area contributed by atoms with E-state index in [0.717, 1.165) is 0 Å². The molecule has 1 aromatic rings. The molecule has 0 bridgehead atoms. The predicted molar refractivity (Wildman–Crippen MR) is 64.9 cm³/mol. The highest BCUT2D eigenvalue weighted by Crippen LogP contribution is 2.24. The van der Waals surface area contributed by atoms with Crippen molar-refractivity contribution in [1.82, 2.24) is 5.32 Å². The van der Waals surface area contributed by atoms with Gasteiger partial charge in [-0.05, 0) is 24.1 Å². The first-order valence-electron chi connectivity index (χ1n) is 4.95. The van der Waals surface area contributed by atoms with Gasteiger partial charge in [0.2, 0.25) is 5.91 Å². The third-order valence-corrected chi connectivity index (χ3v) is 2.76. The van der Waals surface area contributed by atoms with Gasteiger partial charge >= 0.3 is 0 Å². The first-order chi connectivity index (χ1) is 7.65. The van der Waals surface area contributed by atoms with Crippen LogP contribution in [0.1, 0.15) is 12.0 Å². The van der Waals surface area contributed by atoms with E-state index >= 15 is 0 Å². The minimum absolute atomic E-state index is 0.0626. The average molecular weight is 262 g/mol. The van der Waals surface area contributed by atoms with Crippen LogP contribution in [0.2, 0.25) is 10.0 Å². The Hall–Kier alpha value is -0.770. The molecule has 0 aliphatic carbocycles. The molecule has 88 valence electrons. The fourth-order valence-corrected chi connectivity index (χ4v) is 1.76. The fourth-order valence-electron chi connectivity index (χ4n) is 1.23. The van der Waals surface area contributed by atoms with Gasteiger partial charge < -0.3 is 10.4 Å². The number of rotatable bonds is 5. The highest BCUT2D eigenvalue weighted by atomic mass is 35.5. The molecule has 0 heterocycles. The molecule has 1 amide bonds. The fraction of sp³-hybridized carbons (Fsp3) is 0.364. The van der Waals surface area contributed by atoms with Crippen molar-refractivity contribution in [2.45, 2.75) is 12.8 Å². The van der Waals surface area contributed by atoms with Gasteiger partial charge in [0, 0.05) is 23.2 Å². The Balaban J connectivity index is 2.56. The molecule has 0 atom stereocenters. The Bertz CT molecular complexity index is 349. The zero-order chi connectivity index (χ0) is 12.0. The number of benzene rings is 1. The van der Waals surface area contributed by atoms with E-state index in [0.29, 0.717) is 28.6 Å². The summed E-state index contributed by atoms with van der Waals surface area (Å²) in [5.74, 6) is -0.150.